The molecule has 1 heterocycles. The van der Waals surface area contributed by atoms with Gasteiger partial charge in [0.2, 0.25) is 5.60 Å². The summed E-state index contributed by atoms with van der Waals surface area (Å²) in [4.78, 5) is 46.2. The van der Waals surface area contributed by atoms with Crippen LogP contribution in [0.1, 0.15) is 19.5 Å². The van der Waals surface area contributed by atoms with Gasteiger partial charge in [0.15, 0.2) is 5.69 Å². The van der Waals surface area contributed by atoms with E-state index < -0.39 is 73.9 Å². The molecule has 0 bridgehead atoms. The maximum Gasteiger partial charge on any atom is 0.433 e. The zero-order valence-electron chi connectivity index (χ0n) is 16.8. The summed E-state index contributed by atoms with van der Waals surface area (Å²) in [7, 11) is 0. The summed E-state index contributed by atoms with van der Waals surface area (Å²) < 4.78 is 59.2. The van der Waals surface area contributed by atoms with Crippen LogP contribution < -0.4 is 17.1 Å². The molecule has 1 aliphatic carbocycles. The number of carbonyl (C=O) groups excluding carboxylic acids is 1. The second kappa shape index (κ2) is 8.49. The number of carboxylic acid groups (broad SMARTS) is 1. The average Bonchev–Trinajstić information content (AvgIpc) is 2.70. The molecule has 2 rings (SSSR count). The molecule has 0 fully saturated rings. The van der Waals surface area contributed by atoms with Crippen molar-refractivity contribution in [2.24, 2.45) is 5.92 Å². The third kappa shape index (κ3) is 3.93. The van der Waals surface area contributed by atoms with Crippen molar-refractivity contribution in [3.05, 3.63) is 50.1 Å². The van der Waals surface area contributed by atoms with Crippen LogP contribution in [0.4, 0.5) is 17.6 Å². The minimum atomic E-state index is -5.23. The fourth-order valence-corrected chi connectivity index (χ4v) is 3.88. The number of alkyl halides is 4. The molecule has 15 heteroatoms. The lowest BCUT2D eigenvalue weighted by Crippen LogP contribution is -2.59. The number of aldehydes is 1. The molecule has 0 saturated heterocycles. The Morgan fingerprint density at radius 3 is 2.48 bits per heavy atom. The number of halogens is 5. The minimum absolute atomic E-state index is 0.106. The lowest BCUT2D eigenvalue weighted by atomic mass is 9.73. The number of nitrogens with zero attached hydrogens (tertiary/aromatic N) is 3. The summed E-state index contributed by atoms with van der Waals surface area (Å²) in [5, 5.41) is 18.7. The van der Waals surface area contributed by atoms with Gasteiger partial charge in [-0.3, -0.25) is 4.79 Å². The van der Waals surface area contributed by atoms with E-state index >= 15 is 4.39 Å². The highest BCUT2D eigenvalue weighted by Crippen LogP contribution is 2.50. The molecule has 3 atom stereocenters. The average molecular weight is 495 g/mol. The molecule has 178 valence electrons. The predicted octanol–water partition coefficient (Wildman–Crippen LogP) is 1.02. The van der Waals surface area contributed by atoms with Gasteiger partial charge in [0.05, 0.1) is 11.8 Å². The van der Waals surface area contributed by atoms with Crippen molar-refractivity contribution in [1.82, 2.24) is 9.24 Å². The third-order valence-corrected chi connectivity index (χ3v) is 5.50. The number of nitrogen functional groups attached to an aromatic ring is 1. The number of rotatable bonds is 6. The largest absolute Gasteiger partial charge is 0.479 e. The van der Waals surface area contributed by atoms with Crippen LogP contribution in [0.2, 0.25) is 0 Å². The van der Waals surface area contributed by atoms with Crippen LogP contribution in [-0.4, -0.2) is 43.7 Å². The zero-order chi connectivity index (χ0) is 25.5. The lowest BCUT2D eigenvalue weighted by Gasteiger charge is -2.44. The number of carbonyl (C=O) groups is 2. The van der Waals surface area contributed by atoms with E-state index in [9.17, 15) is 37.5 Å². The third-order valence-electron chi connectivity index (χ3n) is 5.02. The van der Waals surface area contributed by atoms with Crippen LogP contribution in [0.25, 0.3) is 5.70 Å². The molecule has 0 saturated carbocycles. The number of aliphatic carboxylic acids is 1. The molecule has 0 spiro atoms. The van der Waals surface area contributed by atoms with Gasteiger partial charge in [-0.1, -0.05) is 6.92 Å². The van der Waals surface area contributed by atoms with E-state index in [0.29, 0.717) is 6.08 Å². The summed E-state index contributed by atoms with van der Waals surface area (Å²) in [6, 6.07) is 1.37. The molecule has 0 aromatic carbocycles. The Kier molecular flexibility index (Phi) is 6.64. The maximum absolute atomic E-state index is 15.6. The Balaban J connectivity index is 3.08. The highest BCUT2D eigenvalue weighted by Gasteiger charge is 2.60. The number of aromatic nitrogens is 2. The van der Waals surface area contributed by atoms with Gasteiger partial charge in [-0.15, -0.1) is 11.6 Å². The second-order valence-electron chi connectivity index (χ2n) is 7.03. The van der Waals surface area contributed by atoms with Crippen LogP contribution in [0.3, 0.4) is 0 Å². The van der Waals surface area contributed by atoms with E-state index in [1.807, 2.05) is 0 Å². The Morgan fingerprint density at radius 2 is 2.03 bits per heavy atom. The van der Waals surface area contributed by atoms with Gasteiger partial charge in [-0.05, 0) is 13.0 Å². The molecule has 3 N–H and O–H groups in total. The number of allylic oxidation sites excluding steroid dienone is 2. The van der Waals surface area contributed by atoms with Crippen molar-refractivity contribution >= 4 is 29.6 Å². The highest BCUT2D eigenvalue weighted by molar-refractivity contribution is 6.29. The van der Waals surface area contributed by atoms with E-state index in [0.717, 1.165) is 13.8 Å². The first-order valence-corrected chi connectivity index (χ1v) is 9.19. The first-order valence-electron chi connectivity index (χ1n) is 8.82. The molecule has 1 aromatic rings. The Bertz CT molecular complexity index is 1240. The molecule has 0 radical (unpaired) electrons. The quantitative estimate of drug-likeness (QED) is 0.257. The monoisotopic (exact) mass is 494 g/mol. The van der Waals surface area contributed by atoms with Crippen molar-refractivity contribution in [3.63, 3.8) is 0 Å². The predicted molar refractivity (Wildman–Crippen MR) is 104 cm³/mol. The van der Waals surface area contributed by atoms with Gasteiger partial charge in [0.1, 0.15) is 23.6 Å². The van der Waals surface area contributed by atoms with Gasteiger partial charge in [-0.2, -0.15) is 18.4 Å². The van der Waals surface area contributed by atoms with Crippen molar-refractivity contribution in [1.29, 1.82) is 5.26 Å². The molecule has 1 aliphatic rings. The number of carboxylic acids is 1. The molecule has 3 unspecified atom stereocenters. The van der Waals surface area contributed by atoms with Crippen molar-refractivity contribution in [2.75, 3.05) is 12.4 Å². The standard InChI is InChI=1S/C18H15ClF4N4O6/c1-8(7-28)12-13(20)9(6-17(14(30)31,16(12,2)19)33-4-3-24)26-11(29)5-10(18(21,22)23)27(25)15(26)32/h5-8H,4,25H2,1-2H3,(H,30,31). The van der Waals surface area contributed by atoms with Crippen LogP contribution in [0.15, 0.2) is 33.1 Å². The van der Waals surface area contributed by atoms with E-state index in [2.05, 4.69) is 0 Å². The first-order chi connectivity index (χ1) is 15.1. The van der Waals surface area contributed by atoms with Crippen LogP contribution in [-0.2, 0) is 20.5 Å². The fourth-order valence-electron chi connectivity index (χ4n) is 3.44. The Hall–Kier alpha value is -3.44. The number of hydrogen-bond acceptors (Lipinski definition) is 7. The molecule has 1 aromatic heterocycles. The topological polar surface area (TPSA) is 157 Å². The molecule has 0 aliphatic heterocycles. The highest BCUT2D eigenvalue weighted by atomic mass is 35.5. The molecular formula is C18H15ClF4N4O6. The van der Waals surface area contributed by atoms with Gasteiger partial charge in [0.25, 0.3) is 5.56 Å². The van der Waals surface area contributed by atoms with E-state index in [-0.39, 0.29) is 16.9 Å². The van der Waals surface area contributed by atoms with Crippen LogP contribution >= 0.6 is 11.6 Å². The van der Waals surface area contributed by atoms with Crippen LogP contribution in [0, 0.1) is 17.2 Å². The summed E-state index contributed by atoms with van der Waals surface area (Å²) in [6.07, 6.45) is -4.69. The number of nitrogens with two attached hydrogens (primary N) is 1. The minimum Gasteiger partial charge on any atom is -0.479 e. The summed E-state index contributed by atoms with van der Waals surface area (Å²) in [5.74, 6) is 0.254. The molecular weight excluding hydrogens is 480 g/mol. The fraction of sp³-hybridized carbons (Fsp3) is 0.389. The van der Waals surface area contributed by atoms with Crippen molar-refractivity contribution < 1.29 is 37.0 Å². The normalized spacial score (nSPS) is 24.1. The summed E-state index contributed by atoms with van der Waals surface area (Å²) >= 11 is 6.35. The smallest absolute Gasteiger partial charge is 0.433 e. The summed E-state index contributed by atoms with van der Waals surface area (Å²) in [6.45, 7) is 1.14. The lowest BCUT2D eigenvalue weighted by molar-refractivity contribution is -0.161. The Morgan fingerprint density at radius 1 is 1.45 bits per heavy atom. The van der Waals surface area contributed by atoms with Crippen molar-refractivity contribution in [3.8, 4) is 6.07 Å². The van der Waals surface area contributed by atoms with Gasteiger partial charge in [0, 0.05) is 17.6 Å². The number of nitriles is 1. The SMILES string of the molecule is CC(C=O)C1=C(F)C(n2c(=O)cc(C(F)(F)F)n(N)c2=O)=CC(OCC#N)(C(=O)O)C1(C)Cl. The number of ether oxygens (including phenoxy) is 1. The van der Waals surface area contributed by atoms with Gasteiger partial charge in [-0.25, -0.2) is 23.2 Å². The van der Waals surface area contributed by atoms with Gasteiger partial charge < -0.3 is 20.5 Å². The Labute approximate surface area is 186 Å². The molecule has 10 nitrogen and oxygen atoms in total. The maximum atomic E-state index is 15.6. The van der Waals surface area contributed by atoms with Crippen molar-refractivity contribution in [2.45, 2.75) is 30.5 Å². The first kappa shape index (κ1) is 25.8. The number of hydrogen-bond donors (Lipinski definition) is 2. The molecule has 0 amide bonds. The van der Waals surface area contributed by atoms with Crippen LogP contribution in [0.5, 0.6) is 0 Å². The van der Waals surface area contributed by atoms with Gasteiger partial charge >= 0.3 is 17.8 Å². The molecule has 33 heavy (non-hydrogen) atoms. The zero-order valence-corrected chi connectivity index (χ0v) is 17.6. The van der Waals surface area contributed by atoms with E-state index in [1.54, 1.807) is 0 Å². The van der Waals surface area contributed by atoms with E-state index in [4.69, 9.17) is 27.4 Å². The second-order valence-corrected chi connectivity index (χ2v) is 7.78. The summed E-state index contributed by atoms with van der Waals surface area (Å²) in [5.41, 5.74) is -10.2. The van der Waals surface area contributed by atoms with E-state index in [1.165, 1.54) is 6.07 Å².